The van der Waals surface area contributed by atoms with Gasteiger partial charge in [-0.25, -0.2) is 0 Å². The summed E-state index contributed by atoms with van der Waals surface area (Å²) in [6.07, 6.45) is 0. The molecule has 26 heavy (non-hydrogen) atoms. The number of nitrogens with zero attached hydrogens (tertiary/aromatic N) is 1. The summed E-state index contributed by atoms with van der Waals surface area (Å²) < 4.78 is 17.2. The first-order valence-electron chi connectivity index (χ1n) is 8.99. The van der Waals surface area contributed by atoms with Crippen molar-refractivity contribution in [3.8, 4) is 5.75 Å². The number of fused-ring (bicyclic) bond motifs is 2. The van der Waals surface area contributed by atoms with E-state index in [4.69, 9.17) is 14.2 Å². The number of ether oxygens (including phenoxy) is 3. The highest BCUT2D eigenvalue weighted by Gasteiger charge is 2.57. The Labute approximate surface area is 153 Å². The van der Waals surface area contributed by atoms with Crippen molar-refractivity contribution in [3.63, 3.8) is 0 Å². The van der Waals surface area contributed by atoms with Crippen molar-refractivity contribution < 1.29 is 19.0 Å². The van der Waals surface area contributed by atoms with Gasteiger partial charge in [0.2, 0.25) is 0 Å². The van der Waals surface area contributed by atoms with Crippen LogP contribution in [0.2, 0.25) is 0 Å². The Morgan fingerprint density at radius 2 is 1.69 bits per heavy atom. The van der Waals surface area contributed by atoms with Crippen LogP contribution < -0.4 is 9.64 Å². The van der Waals surface area contributed by atoms with E-state index in [1.54, 1.807) is 4.90 Å². The second kappa shape index (κ2) is 6.41. The molecular formula is C21H23NO4. The van der Waals surface area contributed by atoms with Gasteiger partial charge in [0.1, 0.15) is 5.75 Å². The number of amides is 1. The normalized spacial score (nSPS) is 17.8. The van der Waals surface area contributed by atoms with Gasteiger partial charge < -0.3 is 19.1 Å². The van der Waals surface area contributed by atoms with E-state index in [-0.39, 0.29) is 5.91 Å². The van der Waals surface area contributed by atoms with Crippen molar-refractivity contribution in [3.05, 3.63) is 58.7 Å². The van der Waals surface area contributed by atoms with Gasteiger partial charge in [-0.05, 0) is 49.6 Å². The maximum absolute atomic E-state index is 13.3. The van der Waals surface area contributed by atoms with Crippen molar-refractivity contribution in [1.29, 1.82) is 0 Å². The molecule has 0 radical (unpaired) electrons. The van der Waals surface area contributed by atoms with Gasteiger partial charge in [0.25, 0.3) is 11.7 Å². The summed E-state index contributed by atoms with van der Waals surface area (Å²) in [6.45, 7) is 7.93. The Kier molecular flexibility index (Phi) is 4.21. The predicted molar refractivity (Wildman–Crippen MR) is 98.3 cm³/mol. The minimum absolute atomic E-state index is 0.142. The van der Waals surface area contributed by atoms with Gasteiger partial charge in [-0.3, -0.25) is 4.79 Å². The Morgan fingerprint density at radius 3 is 2.35 bits per heavy atom. The van der Waals surface area contributed by atoms with Crippen LogP contribution in [0.1, 0.15) is 29.2 Å². The molecule has 0 unspecified atom stereocenters. The minimum Gasteiger partial charge on any atom is -0.494 e. The van der Waals surface area contributed by atoms with Gasteiger partial charge in [-0.15, -0.1) is 0 Å². The van der Waals surface area contributed by atoms with E-state index in [2.05, 4.69) is 0 Å². The van der Waals surface area contributed by atoms with Gasteiger partial charge >= 0.3 is 0 Å². The fourth-order valence-corrected chi connectivity index (χ4v) is 3.82. The highest BCUT2D eigenvalue weighted by atomic mass is 16.7. The fraction of sp³-hybridized carbons (Fsp3) is 0.381. The van der Waals surface area contributed by atoms with E-state index in [1.165, 1.54) is 0 Å². The Bertz CT molecular complexity index is 838. The Hall–Kier alpha value is -2.37. The van der Waals surface area contributed by atoms with Gasteiger partial charge in [0, 0.05) is 5.56 Å². The van der Waals surface area contributed by atoms with Crippen LogP contribution in [0, 0.1) is 13.8 Å². The van der Waals surface area contributed by atoms with Crippen LogP contribution in [0.25, 0.3) is 0 Å². The molecule has 1 amide bonds. The van der Waals surface area contributed by atoms with Gasteiger partial charge in [0.05, 0.1) is 32.1 Å². The molecule has 1 spiro atoms. The van der Waals surface area contributed by atoms with Crippen molar-refractivity contribution in [2.75, 3.05) is 24.7 Å². The van der Waals surface area contributed by atoms with Gasteiger partial charge in [-0.1, -0.05) is 24.3 Å². The molecule has 0 saturated carbocycles. The SMILES string of the molecule is CCOc1ccc(CN2C(=O)C3(OCCO3)c3c(C)ccc(C)c32)cc1. The highest BCUT2D eigenvalue weighted by molar-refractivity contribution is 6.07. The topological polar surface area (TPSA) is 48.0 Å². The van der Waals surface area contributed by atoms with Crippen LogP contribution in [0.5, 0.6) is 5.75 Å². The summed E-state index contributed by atoms with van der Waals surface area (Å²) >= 11 is 0. The summed E-state index contributed by atoms with van der Waals surface area (Å²) in [4.78, 5) is 15.1. The molecule has 2 aliphatic rings. The van der Waals surface area contributed by atoms with Crippen LogP contribution in [-0.2, 0) is 26.6 Å². The molecule has 0 aliphatic carbocycles. The average Bonchev–Trinajstić information content (AvgIpc) is 3.21. The monoisotopic (exact) mass is 353 g/mol. The lowest BCUT2D eigenvalue weighted by Crippen LogP contribution is -2.41. The van der Waals surface area contributed by atoms with Crippen molar-refractivity contribution in [1.82, 2.24) is 0 Å². The van der Waals surface area contributed by atoms with Gasteiger partial charge in [-0.2, -0.15) is 0 Å². The number of aryl methyl sites for hydroxylation is 2. The van der Waals surface area contributed by atoms with Crippen LogP contribution in [0.15, 0.2) is 36.4 Å². The lowest BCUT2D eigenvalue weighted by molar-refractivity contribution is -0.181. The lowest BCUT2D eigenvalue weighted by Gasteiger charge is -2.22. The molecule has 0 aromatic heterocycles. The van der Waals surface area contributed by atoms with E-state index in [0.717, 1.165) is 33.7 Å². The van der Waals surface area contributed by atoms with Crippen LogP contribution in [-0.4, -0.2) is 25.7 Å². The third-order valence-electron chi connectivity index (χ3n) is 4.98. The zero-order valence-electron chi connectivity index (χ0n) is 15.4. The number of anilines is 1. The number of hydrogen-bond acceptors (Lipinski definition) is 4. The first kappa shape index (κ1) is 17.1. The fourth-order valence-electron chi connectivity index (χ4n) is 3.82. The zero-order chi connectivity index (χ0) is 18.3. The van der Waals surface area contributed by atoms with Crippen LogP contribution in [0.3, 0.4) is 0 Å². The summed E-state index contributed by atoms with van der Waals surface area (Å²) in [6, 6.07) is 11.9. The van der Waals surface area contributed by atoms with E-state index >= 15 is 0 Å². The summed E-state index contributed by atoms with van der Waals surface area (Å²) in [5, 5.41) is 0. The summed E-state index contributed by atoms with van der Waals surface area (Å²) in [7, 11) is 0. The number of carbonyl (C=O) groups excluding carboxylic acids is 1. The maximum Gasteiger partial charge on any atom is 0.292 e. The Morgan fingerprint density at radius 1 is 1.04 bits per heavy atom. The molecular weight excluding hydrogens is 330 g/mol. The molecule has 2 aromatic rings. The molecule has 2 aromatic carbocycles. The third-order valence-corrected chi connectivity index (χ3v) is 4.98. The molecule has 1 fully saturated rings. The second-order valence-corrected chi connectivity index (χ2v) is 6.70. The van der Waals surface area contributed by atoms with Crippen molar-refractivity contribution >= 4 is 11.6 Å². The second-order valence-electron chi connectivity index (χ2n) is 6.70. The smallest absolute Gasteiger partial charge is 0.292 e. The summed E-state index contributed by atoms with van der Waals surface area (Å²) in [5.41, 5.74) is 4.84. The highest BCUT2D eigenvalue weighted by Crippen LogP contribution is 2.49. The van der Waals surface area contributed by atoms with Crippen LogP contribution in [0.4, 0.5) is 5.69 Å². The molecule has 1 saturated heterocycles. The number of rotatable bonds is 4. The first-order chi connectivity index (χ1) is 12.6. The summed E-state index contributed by atoms with van der Waals surface area (Å²) in [5.74, 6) is -0.594. The number of hydrogen-bond donors (Lipinski definition) is 0. The number of benzene rings is 2. The molecule has 136 valence electrons. The zero-order valence-corrected chi connectivity index (χ0v) is 15.4. The lowest BCUT2D eigenvalue weighted by atomic mass is 9.98. The number of carbonyl (C=O) groups is 1. The quantitative estimate of drug-likeness (QED) is 0.845. The largest absolute Gasteiger partial charge is 0.494 e. The first-order valence-corrected chi connectivity index (χ1v) is 8.99. The Balaban J connectivity index is 1.73. The molecule has 5 heteroatoms. The molecule has 2 heterocycles. The van der Waals surface area contributed by atoms with Crippen molar-refractivity contribution in [2.24, 2.45) is 0 Å². The van der Waals surface area contributed by atoms with Crippen molar-refractivity contribution in [2.45, 2.75) is 33.1 Å². The maximum atomic E-state index is 13.3. The predicted octanol–water partition coefficient (Wildman–Crippen LogP) is 3.45. The molecule has 0 bridgehead atoms. The third kappa shape index (κ3) is 2.50. The molecule has 2 aliphatic heterocycles. The molecule has 0 atom stereocenters. The standard InChI is InChI=1S/C21H23NO4/c1-4-24-17-9-7-16(8-10-17)13-22-19-15(3)6-5-14(2)18(19)21(20(22)23)25-11-12-26-21/h5-10H,4,11-13H2,1-3H3. The minimum atomic E-state index is -1.28. The van der Waals surface area contributed by atoms with E-state index in [1.807, 2.05) is 57.2 Å². The van der Waals surface area contributed by atoms with Gasteiger partial charge in [0.15, 0.2) is 0 Å². The molecule has 4 rings (SSSR count). The van der Waals surface area contributed by atoms with E-state index < -0.39 is 5.79 Å². The van der Waals surface area contributed by atoms with E-state index in [0.29, 0.717) is 26.4 Å². The molecule has 5 nitrogen and oxygen atoms in total. The van der Waals surface area contributed by atoms with E-state index in [9.17, 15) is 4.79 Å². The molecule has 0 N–H and O–H groups in total. The van der Waals surface area contributed by atoms with Crippen LogP contribution >= 0.6 is 0 Å². The average molecular weight is 353 g/mol.